The van der Waals surface area contributed by atoms with Gasteiger partial charge in [-0.25, -0.2) is 18.1 Å². The van der Waals surface area contributed by atoms with Crippen molar-refractivity contribution in [2.75, 3.05) is 0 Å². The number of hydrogen-bond acceptors (Lipinski definition) is 4. The number of sulfonamides is 1. The Kier molecular flexibility index (Phi) is 3.35. The summed E-state index contributed by atoms with van der Waals surface area (Å²) in [7, 11) is -1.80. The SMILES string of the molecule is Cn1ccnc1CNS(=O)(=O)c1ccc(O)cc1. The van der Waals surface area contributed by atoms with Gasteiger partial charge in [-0.3, -0.25) is 0 Å². The monoisotopic (exact) mass is 267 g/mol. The van der Waals surface area contributed by atoms with E-state index in [9.17, 15) is 8.42 Å². The van der Waals surface area contributed by atoms with Crippen LogP contribution < -0.4 is 4.72 Å². The van der Waals surface area contributed by atoms with E-state index in [0.29, 0.717) is 5.82 Å². The Labute approximate surface area is 105 Å². The van der Waals surface area contributed by atoms with Crippen molar-refractivity contribution in [2.24, 2.45) is 7.05 Å². The lowest BCUT2D eigenvalue weighted by Crippen LogP contribution is -2.24. The lowest BCUT2D eigenvalue weighted by molar-refractivity contribution is 0.474. The van der Waals surface area contributed by atoms with Gasteiger partial charge in [0.1, 0.15) is 11.6 Å². The van der Waals surface area contributed by atoms with Gasteiger partial charge in [0.25, 0.3) is 0 Å². The molecule has 0 bridgehead atoms. The third kappa shape index (κ3) is 2.69. The van der Waals surface area contributed by atoms with E-state index in [1.54, 1.807) is 24.0 Å². The summed E-state index contributed by atoms with van der Waals surface area (Å²) in [6.07, 6.45) is 3.34. The Balaban J connectivity index is 2.13. The van der Waals surface area contributed by atoms with E-state index in [2.05, 4.69) is 9.71 Å². The van der Waals surface area contributed by atoms with Gasteiger partial charge in [0.15, 0.2) is 0 Å². The third-order valence-corrected chi connectivity index (χ3v) is 3.91. The third-order valence-electron chi connectivity index (χ3n) is 2.49. The quantitative estimate of drug-likeness (QED) is 0.849. The molecule has 0 aliphatic rings. The minimum absolute atomic E-state index is 0.0260. The number of rotatable bonds is 4. The first-order chi connectivity index (χ1) is 8.49. The van der Waals surface area contributed by atoms with Crippen LogP contribution in [-0.2, 0) is 23.6 Å². The van der Waals surface area contributed by atoms with E-state index in [4.69, 9.17) is 5.11 Å². The summed E-state index contributed by atoms with van der Waals surface area (Å²) in [5.41, 5.74) is 0. The second kappa shape index (κ2) is 4.79. The molecule has 0 saturated carbocycles. The van der Waals surface area contributed by atoms with Crippen molar-refractivity contribution in [3.05, 3.63) is 42.5 Å². The fourth-order valence-electron chi connectivity index (χ4n) is 1.44. The number of nitrogens with zero attached hydrogens (tertiary/aromatic N) is 2. The highest BCUT2D eigenvalue weighted by Crippen LogP contribution is 2.14. The van der Waals surface area contributed by atoms with Gasteiger partial charge in [-0.05, 0) is 24.3 Å². The van der Waals surface area contributed by atoms with Gasteiger partial charge in [0, 0.05) is 19.4 Å². The van der Waals surface area contributed by atoms with Crippen molar-refractivity contribution < 1.29 is 13.5 Å². The minimum atomic E-state index is -3.58. The molecular weight excluding hydrogens is 254 g/mol. The van der Waals surface area contributed by atoms with Crippen molar-refractivity contribution >= 4 is 10.0 Å². The van der Waals surface area contributed by atoms with Crippen LogP contribution in [0, 0.1) is 0 Å². The van der Waals surface area contributed by atoms with Crippen LogP contribution in [0.2, 0.25) is 0 Å². The number of aromatic nitrogens is 2. The zero-order valence-corrected chi connectivity index (χ0v) is 10.6. The molecule has 1 aromatic carbocycles. The molecule has 96 valence electrons. The first kappa shape index (κ1) is 12.6. The van der Waals surface area contributed by atoms with Crippen molar-refractivity contribution in [3.63, 3.8) is 0 Å². The van der Waals surface area contributed by atoms with Crippen LogP contribution in [0.1, 0.15) is 5.82 Å². The van der Waals surface area contributed by atoms with Crippen LogP contribution in [0.3, 0.4) is 0 Å². The fraction of sp³-hybridized carbons (Fsp3) is 0.182. The Hall–Kier alpha value is -1.86. The molecule has 0 spiro atoms. The first-order valence-electron chi connectivity index (χ1n) is 5.24. The van der Waals surface area contributed by atoms with Crippen LogP contribution >= 0.6 is 0 Å². The second-order valence-electron chi connectivity index (χ2n) is 3.77. The number of hydrogen-bond donors (Lipinski definition) is 2. The average molecular weight is 267 g/mol. The Morgan fingerprint density at radius 2 is 2.00 bits per heavy atom. The molecule has 0 aliphatic carbocycles. The average Bonchev–Trinajstić information content (AvgIpc) is 2.73. The van der Waals surface area contributed by atoms with Gasteiger partial charge >= 0.3 is 0 Å². The van der Waals surface area contributed by atoms with Gasteiger partial charge in [0.05, 0.1) is 11.4 Å². The van der Waals surface area contributed by atoms with Crippen molar-refractivity contribution in [1.29, 1.82) is 0 Å². The lowest BCUT2D eigenvalue weighted by Gasteiger charge is -2.06. The van der Waals surface area contributed by atoms with Gasteiger partial charge in [-0.1, -0.05) is 0 Å². The number of imidazole rings is 1. The molecule has 0 atom stereocenters. The molecule has 2 aromatic rings. The Morgan fingerprint density at radius 3 is 2.56 bits per heavy atom. The second-order valence-corrected chi connectivity index (χ2v) is 5.54. The summed E-state index contributed by atoms with van der Waals surface area (Å²) in [4.78, 5) is 4.13. The number of nitrogens with one attached hydrogen (secondary N) is 1. The number of phenols is 1. The summed E-state index contributed by atoms with van der Waals surface area (Å²) in [5, 5.41) is 9.11. The summed E-state index contributed by atoms with van der Waals surface area (Å²) in [5.74, 6) is 0.649. The number of aryl methyl sites for hydroxylation is 1. The minimum Gasteiger partial charge on any atom is -0.508 e. The van der Waals surface area contributed by atoms with Crippen LogP contribution in [0.25, 0.3) is 0 Å². The molecule has 2 N–H and O–H groups in total. The highest BCUT2D eigenvalue weighted by molar-refractivity contribution is 7.89. The highest BCUT2D eigenvalue weighted by Gasteiger charge is 2.14. The van der Waals surface area contributed by atoms with Crippen molar-refractivity contribution in [3.8, 4) is 5.75 Å². The van der Waals surface area contributed by atoms with Crippen molar-refractivity contribution in [1.82, 2.24) is 14.3 Å². The highest BCUT2D eigenvalue weighted by atomic mass is 32.2. The molecule has 7 heteroatoms. The smallest absolute Gasteiger partial charge is 0.240 e. The van der Waals surface area contributed by atoms with E-state index in [0.717, 1.165) is 0 Å². The molecule has 0 unspecified atom stereocenters. The lowest BCUT2D eigenvalue weighted by atomic mass is 10.3. The van der Waals surface area contributed by atoms with Crippen LogP contribution in [0.5, 0.6) is 5.75 Å². The maximum atomic E-state index is 11.9. The van der Waals surface area contributed by atoms with E-state index in [-0.39, 0.29) is 17.2 Å². The van der Waals surface area contributed by atoms with Crippen LogP contribution in [0.15, 0.2) is 41.6 Å². The Morgan fingerprint density at radius 1 is 1.33 bits per heavy atom. The maximum absolute atomic E-state index is 11.9. The van der Waals surface area contributed by atoms with Crippen LogP contribution in [0.4, 0.5) is 0 Å². The normalized spacial score (nSPS) is 11.6. The van der Waals surface area contributed by atoms with Crippen molar-refractivity contribution in [2.45, 2.75) is 11.4 Å². The molecule has 2 rings (SSSR count). The summed E-state index contributed by atoms with van der Waals surface area (Å²) in [6.45, 7) is 0.118. The zero-order valence-electron chi connectivity index (χ0n) is 9.74. The summed E-state index contributed by atoms with van der Waals surface area (Å²) >= 11 is 0. The molecule has 0 amide bonds. The molecule has 1 aromatic heterocycles. The molecule has 1 heterocycles. The zero-order chi connectivity index (χ0) is 13.2. The van der Waals surface area contributed by atoms with Gasteiger partial charge in [-0.15, -0.1) is 0 Å². The van der Waals surface area contributed by atoms with Gasteiger partial charge in [-0.2, -0.15) is 0 Å². The first-order valence-corrected chi connectivity index (χ1v) is 6.72. The van der Waals surface area contributed by atoms with Crippen LogP contribution in [-0.4, -0.2) is 23.1 Å². The molecule has 0 fully saturated rings. The molecular formula is C11H13N3O3S. The van der Waals surface area contributed by atoms with Gasteiger partial charge < -0.3 is 9.67 Å². The number of benzene rings is 1. The number of phenolic OH excluding ortho intramolecular Hbond substituents is 1. The predicted octanol–water partition coefficient (Wildman–Crippen LogP) is 0.604. The van der Waals surface area contributed by atoms with E-state index in [1.165, 1.54) is 24.3 Å². The molecule has 18 heavy (non-hydrogen) atoms. The molecule has 0 radical (unpaired) electrons. The van der Waals surface area contributed by atoms with Gasteiger partial charge in [0.2, 0.25) is 10.0 Å². The maximum Gasteiger partial charge on any atom is 0.240 e. The van der Waals surface area contributed by atoms with E-state index in [1.807, 2.05) is 0 Å². The van der Waals surface area contributed by atoms with E-state index >= 15 is 0 Å². The summed E-state index contributed by atoms with van der Waals surface area (Å²) in [6, 6.07) is 5.34. The molecule has 0 aliphatic heterocycles. The standard InChI is InChI=1S/C11H13N3O3S/c1-14-7-6-12-11(14)8-13-18(16,17)10-4-2-9(15)3-5-10/h2-7,13,15H,8H2,1H3. The Bertz CT molecular complexity index is 632. The number of aromatic hydroxyl groups is 1. The fourth-order valence-corrected chi connectivity index (χ4v) is 2.42. The topological polar surface area (TPSA) is 84.2 Å². The molecule has 0 saturated heterocycles. The molecule has 6 nitrogen and oxygen atoms in total. The largest absolute Gasteiger partial charge is 0.508 e. The van der Waals surface area contributed by atoms with E-state index < -0.39 is 10.0 Å². The predicted molar refractivity (Wildman–Crippen MR) is 65.3 cm³/mol. The summed E-state index contributed by atoms with van der Waals surface area (Å²) < 4.78 is 28.0.